The lowest BCUT2D eigenvalue weighted by molar-refractivity contribution is 0.0929. The van der Waals surface area contributed by atoms with E-state index in [0.717, 1.165) is 31.6 Å². The molecule has 0 unspecified atom stereocenters. The van der Waals surface area contributed by atoms with Gasteiger partial charge in [-0.05, 0) is 95.2 Å². The molecule has 4 aromatic rings. The number of fused-ring (bicyclic) bond motifs is 1. The number of ether oxygens (including phenoxy) is 2. The summed E-state index contributed by atoms with van der Waals surface area (Å²) in [6, 6.07) is 18.0. The Labute approximate surface area is 220 Å². The second-order valence-electron chi connectivity index (χ2n) is 7.17. The number of benzene rings is 3. The van der Waals surface area contributed by atoms with Crippen molar-refractivity contribution in [2.75, 3.05) is 6.61 Å². The number of nitrogens with one attached hydrogen (secondary N) is 1. The van der Waals surface area contributed by atoms with Crippen LogP contribution in [0.1, 0.15) is 28.6 Å². The fourth-order valence-electron chi connectivity index (χ4n) is 3.12. The summed E-state index contributed by atoms with van der Waals surface area (Å²) in [5.41, 5.74) is 4.81. The summed E-state index contributed by atoms with van der Waals surface area (Å²) >= 11 is 14.2. The monoisotopic (exact) mass is 608 g/mol. The fraction of sp³-hybridized carbons (Fsp3) is 0.120. The molecule has 34 heavy (non-hydrogen) atoms. The number of amides is 1. The van der Waals surface area contributed by atoms with Crippen molar-refractivity contribution in [3.63, 3.8) is 0 Å². The molecule has 174 valence electrons. The normalized spacial score (nSPS) is 11.2. The van der Waals surface area contributed by atoms with Gasteiger partial charge in [-0.15, -0.1) is 0 Å². The Bertz CT molecular complexity index is 1370. The predicted molar refractivity (Wildman–Crippen MR) is 142 cm³/mol. The third kappa shape index (κ3) is 6.02. The van der Waals surface area contributed by atoms with Crippen molar-refractivity contribution in [3.8, 4) is 11.5 Å². The van der Waals surface area contributed by atoms with Crippen LogP contribution in [0, 0.1) is 3.57 Å². The average molecular weight is 609 g/mol. The molecule has 9 heteroatoms. The van der Waals surface area contributed by atoms with Crippen molar-refractivity contribution in [3.05, 3.63) is 91.2 Å². The molecule has 0 aliphatic carbocycles. The summed E-state index contributed by atoms with van der Waals surface area (Å²) in [5, 5.41) is 5.82. The van der Waals surface area contributed by atoms with E-state index in [1.807, 2.05) is 37.3 Å². The smallest absolute Gasteiger partial charge is 0.307 e. The molecule has 1 N–H and O–H groups in total. The van der Waals surface area contributed by atoms with Crippen molar-refractivity contribution in [1.29, 1.82) is 0 Å². The summed E-state index contributed by atoms with van der Waals surface area (Å²) < 4.78 is 17.9. The summed E-state index contributed by atoms with van der Waals surface area (Å²) in [5.74, 6) is 1.17. The summed E-state index contributed by atoms with van der Waals surface area (Å²) in [6.45, 7) is 2.84. The van der Waals surface area contributed by atoms with Crippen molar-refractivity contribution < 1.29 is 18.7 Å². The Morgan fingerprint density at radius 1 is 1.06 bits per heavy atom. The molecule has 1 amide bonds. The fourth-order valence-corrected chi connectivity index (χ4v) is 4.13. The van der Waals surface area contributed by atoms with Crippen LogP contribution in [0.2, 0.25) is 10.0 Å². The van der Waals surface area contributed by atoms with Crippen molar-refractivity contribution in [2.45, 2.75) is 13.5 Å². The lowest BCUT2D eigenvalue weighted by atomic mass is 10.2. The Kier molecular flexibility index (Phi) is 7.97. The van der Waals surface area contributed by atoms with Gasteiger partial charge in [-0.1, -0.05) is 29.3 Å². The Morgan fingerprint density at radius 3 is 2.68 bits per heavy atom. The maximum atomic E-state index is 12.4. The number of hydrogen-bond donors (Lipinski definition) is 1. The van der Waals surface area contributed by atoms with Gasteiger partial charge in [-0.3, -0.25) is 4.79 Å². The highest BCUT2D eigenvalue weighted by Gasteiger charge is 2.12. The summed E-state index contributed by atoms with van der Waals surface area (Å²) in [4.78, 5) is 12.4. The maximum Gasteiger partial charge on any atom is 0.307 e. The SMILES string of the molecule is CCOc1ccc2oc(C(=O)N/N=C/c3ccc(OCc4ccc(Cl)c(Cl)c4)c(I)c3)cc2c1. The van der Waals surface area contributed by atoms with Gasteiger partial charge >= 0.3 is 5.91 Å². The Morgan fingerprint density at radius 2 is 1.91 bits per heavy atom. The third-order valence-electron chi connectivity index (χ3n) is 4.74. The highest BCUT2D eigenvalue weighted by molar-refractivity contribution is 14.1. The lowest BCUT2D eigenvalue weighted by Gasteiger charge is -2.09. The number of hydrazone groups is 1. The van der Waals surface area contributed by atoms with Gasteiger partial charge in [0.15, 0.2) is 5.76 Å². The van der Waals surface area contributed by atoms with Crippen molar-refractivity contribution in [1.82, 2.24) is 5.43 Å². The van der Waals surface area contributed by atoms with E-state index in [-0.39, 0.29) is 5.76 Å². The molecule has 0 saturated heterocycles. The summed E-state index contributed by atoms with van der Waals surface area (Å²) in [7, 11) is 0. The molecule has 0 atom stereocenters. The molecule has 1 heterocycles. The van der Waals surface area contributed by atoms with E-state index in [1.54, 1.807) is 36.5 Å². The second kappa shape index (κ2) is 11.1. The van der Waals surface area contributed by atoms with Crippen LogP contribution >= 0.6 is 45.8 Å². The number of furan rings is 1. The molecule has 6 nitrogen and oxygen atoms in total. The van der Waals surface area contributed by atoms with Crippen LogP contribution in [0.15, 0.2) is 70.2 Å². The van der Waals surface area contributed by atoms with E-state index in [2.05, 4.69) is 33.1 Å². The highest BCUT2D eigenvalue weighted by atomic mass is 127. The maximum absolute atomic E-state index is 12.4. The molecule has 0 aliphatic heterocycles. The van der Waals surface area contributed by atoms with Gasteiger partial charge in [0.05, 0.1) is 26.4 Å². The summed E-state index contributed by atoms with van der Waals surface area (Å²) in [6.07, 6.45) is 1.55. The molecule has 1 aromatic heterocycles. The van der Waals surface area contributed by atoms with Gasteiger partial charge in [-0.2, -0.15) is 5.10 Å². The van der Waals surface area contributed by atoms with Crippen LogP contribution in [0.5, 0.6) is 11.5 Å². The number of carbonyl (C=O) groups is 1. The lowest BCUT2D eigenvalue weighted by Crippen LogP contribution is -2.16. The van der Waals surface area contributed by atoms with E-state index in [4.69, 9.17) is 37.1 Å². The second-order valence-corrected chi connectivity index (χ2v) is 9.15. The molecule has 0 aliphatic rings. The molecule has 4 rings (SSSR count). The molecule has 0 fully saturated rings. The van der Waals surface area contributed by atoms with Gasteiger partial charge in [-0.25, -0.2) is 5.43 Å². The van der Waals surface area contributed by atoms with Gasteiger partial charge in [0.2, 0.25) is 0 Å². The molecule has 0 spiro atoms. The minimum absolute atomic E-state index is 0.168. The topological polar surface area (TPSA) is 73.1 Å². The minimum atomic E-state index is -0.443. The van der Waals surface area contributed by atoms with Gasteiger partial charge < -0.3 is 13.9 Å². The number of rotatable bonds is 8. The van der Waals surface area contributed by atoms with Crippen LogP contribution in [0.3, 0.4) is 0 Å². The number of halogens is 3. The van der Waals surface area contributed by atoms with Gasteiger partial charge in [0.25, 0.3) is 0 Å². The highest BCUT2D eigenvalue weighted by Crippen LogP contribution is 2.26. The van der Waals surface area contributed by atoms with E-state index in [1.165, 1.54) is 0 Å². The minimum Gasteiger partial charge on any atom is -0.494 e. The predicted octanol–water partition coefficient (Wildman–Crippen LogP) is 7.09. The van der Waals surface area contributed by atoms with Crippen molar-refractivity contribution >= 4 is 68.9 Å². The zero-order valence-electron chi connectivity index (χ0n) is 18.0. The first-order valence-corrected chi connectivity index (χ1v) is 12.1. The van der Waals surface area contributed by atoms with E-state index in [9.17, 15) is 4.79 Å². The van der Waals surface area contributed by atoms with Crippen LogP contribution in [0.4, 0.5) is 0 Å². The van der Waals surface area contributed by atoms with Gasteiger partial charge in [0.1, 0.15) is 23.7 Å². The molecular formula is C25H19Cl2IN2O4. The Hall–Kier alpha value is -2.75. The first-order chi connectivity index (χ1) is 16.4. The first kappa shape index (κ1) is 24.4. The zero-order chi connectivity index (χ0) is 24.1. The zero-order valence-corrected chi connectivity index (χ0v) is 21.6. The van der Waals surface area contributed by atoms with Gasteiger partial charge in [0, 0.05) is 5.39 Å². The molecule has 0 bridgehead atoms. The average Bonchev–Trinajstić information content (AvgIpc) is 3.24. The van der Waals surface area contributed by atoms with Crippen LogP contribution < -0.4 is 14.9 Å². The van der Waals surface area contributed by atoms with Crippen LogP contribution in [-0.4, -0.2) is 18.7 Å². The van der Waals surface area contributed by atoms with E-state index in [0.29, 0.717) is 28.8 Å². The number of carbonyl (C=O) groups excluding carboxylic acids is 1. The number of nitrogens with zero attached hydrogens (tertiary/aromatic N) is 1. The molecule has 0 radical (unpaired) electrons. The third-order valence-corrected chi connectivity index (χ3v) is 6.32. The van der Waals surface area contributed by atoms with Crippen LogP contribution in [0.25, 0.3) is 11.0 Å². The Balaban J connectivity index is 1.36. The standard InChI is InChI=1S/C25H19Cl2IN2O4/c1-2-32-18-5-8-22-17(11-18)12-24(34-22)25(31)30-29-13-15-4-7-23(21(28)10-15)33-14-16-3-6-19(26)20(27)9-16/h3-13H,2,14H2,1H3,(H,30,31)/b29-13+. The molecule has 0 saturated carbocycles. The van der Waals surface area contributed by atoms with Crippen LogP contribution in [-0.2, 0) is 6.61 Å². The van der Waals surface area contributed by atoms with Crippen molar-refractivity contribution in [2.24, 2.45) is 5.10 Å². The largest absolute Gasteiger partial charge is 0.494 e. The quantitative estimate of drug-likeness (QED) is 0.132. The molecule has 3 aromatic carbocycles. The van der Waals surface area contributed by atoms with E-state index < -0.39 is 5.91 Å². The molecular weight excluding hydrogens is 590 g/mol. The van der Waals surface area contributed by atoms with E-state index >= 15 is 0 Å². The number of hydrogen-bond acceptors (Lipinski definition) is 5. The first-order valence-electron chi connectivity index (χ1n) is 10.3.